The Morgan fingerprint density at radius 3 is 2.45 bits per heavy atom. The average molecular weight is 443 g/mol. The normalized spacial score (nSPS) is 17.2. The fourth-order valence-corrected chi connectivity index (χ4v) is 4.92. The maximum absolute atomic E-state index is 13.1. The highest BCUT2D eigenvalue weighted by atomic mass is 32.2. The highest BCUT2D eigenvalue weighted by molar-refractivity contribution is 8.04. The Morgan fingerprint density at radius 1 is 1.00 bits per heavy atom. The summed E-state index contributed by atoms with van der Waals surface area (Å²) in [5, 5.41) is 0. The minimum atomic E-state index is -0.143. The van der Waals surface area contributed by atoms with Crippen LogP contribution in [0.1, 0.15) is 84.0 Å². The first kappa shape index (κ1) is 25.5. The molecule has 0 heterocycles. The van der Waals surface area contributed by atoms with Crippen LogP contribution < -0.4 is 0 Å². The number of methoxy groups -OCH3 is 1. The fourth-order valence-electron chi connectivity index (χ4n) is 3.93. The molecule has 0 aromatic heterocycles. The van der Waals surface area contributed by atoms with Crippen LogP contribution in [0, 0.1) is 5.92 Å². The standard InChI is InChI=1S/C27H38O3S/c1-3-4-5-6-7-11-16-22-21-25(31-23-17-12-10-13-18-23)27(29)24(22)19-14-8-9-15-20-26(28)30-2/h10,12-13,17-19,21-22H,3-9,11,14-16,20H2,1-2H3/b24-19+/t22-/m1/s1. The Kier molecular flexibility index (Phi) is 12.4. The molecule has 31 heavy (non-hydrogen) atoms. The predicted molar refractivity (Wildman–Crippen MR) is 130 cm³/mol. The van der Waals surface area contributed by atoms with Gasteiger partial charge in [0, 0.05) is 22.8 Å². The van der Waals surface area contributed by atoms with E-state index in [4.69, 9.17) is 4.74 Å². The van der Waals surface area contributed by atoms with Crippen LogP contribution in [-0.4, -0.2) is 18.9 Å². The van der Waals surface area contributed by atoms with Gasteiger partial charge in [-0.3, -0.25) is 9.59 Å². The molecule has 0 radical (unpaired) electrons. The number of ketones is 1. The SMILES string of the molecule is CCCCCCCC[C@@H]1C=C(Sc2ccccc2)C(=O)/C1=C/CCCCCC(=O)OC. The third-order valence-corrected chi connectivity index (χ3v) is 6.80. The lowest BCUT2D eigenvalue weighted by Crippen LogP contribution is -2.04. The van der Waals surface area contributed by atoms with Crippen LogP contribution >= 0.6 is 11.8 Å². The fraction of sp³-hybridized carbons (Fsp3) is 0.556. The number of carbonyl (C=O) groups is 2. The van der Waals surface area contributed by atoms with E-state index in [1.165, 1.54) is 45.6 Å². The Labute approximate surface area is 192 Å². The van der Waals surface area contributed by atoms with E-state index < -0.39 is 0 Å². The van der Waals surface area contributed by atoms with Crippen LogP contribution in [0.4, 0.5) is 0 Å². The van der Waals surface area contributed by atoms with Crippen LogP contribution in [0.5, 0.6) is 0 Å². The van der Waals surface area contributed by atoms with Crippen LogP contribution in [0.2, 0.25) is 0 Å². The summed E-state index contributed by atoms with van der Waals surface area (Å²) in [5.74, 6) is 0.314. The molecule has 0 N–H and O–H groups in total. The van der Waals surface area contributed by atoms with Gasteiger partial charge in [0.15, 0.2) is 5.78 Å². The second kappa shape index (κ2) is 15.1. The van der Waals surface area contributed by atoms with Crippen molar-refractivity contribution in [1.82, 2.24) is 0 Å². The van der Waals surface area contributed by atoms with Gasteiger partial charge < -0.3 is 4.74 Å². The summed E-state index contributed by atoms with van der Waals surface area (Å²) >= 11 is 1.59. The van der Waals surface area contributed by atoms with Gasteiger partial charge in [-0.05, 0) is 37.8 Å². The molecule has 0 unspecified atom stereocenters. The first-order valence-electron chi connectivity index (χ1n) is 11.9. The summed E-state index contributed by atoms with van der Waals surface area (Å²) in [6.07, 6.45) is 17.3. The monoisotopic (exact) mass is 442 g/mol. The second-order valence-electron chi connectivity index (χ2n) is 8.27. The van der Waals surface area contributed by atoms with Crippen LogP contribution in [0.15, 0.2) is 57.9 Å². The zero-order valence-corrected chi connectivity index (χ0v) is 20.1. The molecule has 1 atom stereocenters. The number of hydrogen-bond acceptors (Lipinski definition) is 4. The minimum absolute atomic E-state index is 0.143. The molecule has 1 aliphatic carbocycles. The molecule has 0 saturated heterocycles. The van der Waals surface area contributed by atoms with Gasteiger partial charge in [-0.15, -0.1) is 0 Å². The first-order valence-corrected chi connectivity index (χ1v) is 12.7. The molecular formula is C27H38O3S. The summed E-state index contributed by atoms with van der Waals surface area (Å²) < 4.78 is 4.69. The lowest BCUT2D eigenvalue weighted by Gasteiger charge is -2.10. The summed E-state index contributed by atoms with van der Waals surface area (Å²) in [6.45, 7) is 2.24. The summed E-state index contributed by atoms with van der Waals surface area (Å²) in [5.41, 5.74) is 0.986. The van der Waals surface area contributed by atoms with Crippen molar-refractivity contribution in [2.75, 3.05) is 7.11 Å². The van der Waals surface area contributed by atoms with Gasteiger partial charge in [0.1, 0.15) is 0 Å². The molecule has 0 fully saturated rings. The number of carbonyl (C=O) groups excluding carboxylic acids is 2. The van der Waals surface area contributed by atoms with Crippen molar-refractivity contribution in [1.29, 1.82) is 0 Å². The van der Waals surface area contributed by atoms with Gasteiger partial charge in [0.2, 0.25) is 0 Å². The Bertz CT molecular complexity index is 736. The number of thioether (sulfide) groups is 1. The van der Waals surface area contributed by atoms with Crippen molar-refractivity contribution in [3.63, 3.8) is 0 Å². The van der Waals surface area contributed by atoms with Crippen LogP contribution in [0.25, 0.3) is 0 Å². The van der Waals surface area contributed by atoms with Crippen molar-refractivity contribution >= 4 is 23.5 Å². The lowest BCUT2D eigenvalue weighted by molar-refractivity contribution is -0.140. The van der Waals surface area contributed by atoms with Crippen molar-refractivity contribution < 1.29 is 14.3 Å². The van der Waals surface area contributed by atoms with Gasteiger partial charge in [0.25, 0.3) is 0 Å². The maximum atomic E-state index is 13.1. The van der Waals surface area contributed by atoms with E-state index in [1.807, 2.05) is 18.2 Å². The Balaban J connectivity index is 1.90. The van der Waals surface area contributed by atoms with E-state index in [2.05, 4.69) is 31.2 Å². The quantitative estimate of drug-likeness (QED) is 0.159. The van der Waals surface area contributed by atoms with E-state index in [0.29, 0.717) is 6.42 Å². The molecule has 0 aliphatic heterocycles. The molecule has 2 rings (SSSR count). The summed E-state index contributed by atoms with van der Waals surface area (Å²) in [4.78, 5) is 26.3. The summed E-state index contributed by atoms with van der Waals surface area (Å²) in [7, 11) is 1.43. The van der Waals surface area contributed by atoms with Crippen LogP contribution in [-0.2, 0) is 14.3 Å². The highest BCUT2D eigenvalue weighted by Crippen LogP contribution is 2.39. The molecule has 0 spiro atoms. The number of ether oxygens (including phenoxy) is 1. The Hall–Kier alpha value is -1.81. The number of Topliss-reactive ketones (excluding diaryl/α,β-unsaturated/α-hetero) is 1. The third-order valence-electron chi connectivity index (χ3n) is 5.75. The van der Waals surface area contributed by atoms with Gasteiger partial charge in [-0.2, -0.15) is 0 Å². The van der Waals surface area contributed by atoms with Crippen LogP contribution in [0.3, 0.4) is 0 Å². The molecule has 0 bridgehead atoms. The Morgan fingerprint density at radius 2 is 1.71 bits per heavy atom. The van der Waals surface area contributed by atoms with Gasteiger partial charge >= 0.3 is 5.97 Å². The third kappa shape index (κ3) is 9.47. The van der Waals surface area contributed by atoms with E-state index >= 15 is 0 Å². The number of unbranched alkanes of at least 4 members (excludes halogenated alkanes) is 8. The lowest BCUT2D eigenvalue weighted by atomic mass is 9.94. The van der Waals surface area contributed by atoms with E-state index in [0.717, 1.165) is 47.5 Å². The van der Waals surface area contributed by atoms with Gasteiger partial charge in [-0.1, -0.05) is 94.0 Å². The highest BCUT2D eigenvalue weighted by Gasteiger charge is 2.29. The zero-order chi connectivity index (χ0) is 22.3. The molecule has 170 valence electrons. The van der Waals surface area contributed by atoms with E-state index in [9.17, 15) is 9.59 Å². The maximum Gasteiger partial charge on any atom is 0.305 e. The van der Waals surface area contributed by atoms with Crippen molar-refractivity contribution in [3.05, 3.63) is 53.0 Å². The molecule has 4 heteroatoms. The van der Waals surface area contributed by atoms with E-state index in [1.54, 1.807) is 11.8 Å². The van der Waals surface area contributed by atoms with Gasteiger partial charge in [-0.25, -0.2) is 0 Å². The molecule has 1 aliphatic rings. The largest absolute Gasteiger partial charge is 0.469 e. The second-order valence-corrected chi connectivity index (χ2v) is 9.39. The molecule has 3 nitrogen and oxygen atoms in total. The number of hydrogen-bond donors (Lipinski definition) is 0. The molecule has 0 saturated carbocycles. The molecule has 0 amide bonds. The molecular weight excluding hydrogens is 404 g/mol. The summed E-state index contributed by atoms with van der Waals surface area (Å²) in [6, 6.07) is 10.2. The first-order chi connectivity index (χ1) is 15.2. The van der Waals surface area contributed by atoms with Crippen molar-refractivity contribution in [3.8, 4) is 0 Å². The number of benzene rings is 1. The number of rotatable bonds is 15. The van der Waals surface area contributed by atoms with E-state index in [-0.39, 0.29) is 17.7 Å². The molecule has 1 aromatic carbocycles. The van der Waals surface area contributed by atoms with Crippen molar-refractivity contribution in [2.45, 2.75) is 88.9 Å². The van der Waals surface area contributed by atoms with Crippen molar-refractivity contribution in [2.24, 2.45) is 5.92 Å². The van der Waals surface area contributed by atoms with Gasteiger partial charge in [0.05, 0.1) is 12.0 Å². The minimum Gasteiger partial charge on any atom is -0.469 e. The smallest absolute Gasteiger partial charge is 0.305 e. The number of allylic oxidation sites excluding steroid dienone is 4. The number of esters is 1. The zero-order valence-electron chi connectivity index (χ0n) is 19.2. The topological polar surface area (TPSA) is 43.4 Å². The predicted octanol–water partition coefficient (Wildman–Crippen LogP) is 7.66. The molecule has 1 aromatic rings. The average Bonchev–Trinajstić information content (AvgIpc) is 3.07.